The Kier molecular flexibility index (Phi) is 8.20. The average molecular weight is 626 g/mol. The van der Waals surface area contributed by atoms with Gasteiger partial charge in [-0.15, -0.1) is 0 Å². The van der Waals surface area contributed by atoms with E-state index in [0.29, 0.717) is 46.4 Å². The summed E-state index contributed by atoms with van der Waals surface area (Å²) < 4.78 is 39.8. The van der Waals surface area contributed by atoms with Crippen molar-refractivity contribution in [3.63, 3.8) is 0 Å². The number of anilines is 3. The van der Waals surface area contributed by atoms with Gasteiger partial charge in [0.15, 0.2) is 0 Å². The zero-order valence-electron chi connectivity index (χ0n) is 24.4. The molecule has 2 aromatic carbocycles. The molecule has 0 radical (unpaired) electrons. The van der Waals surface area contributed by atoms with Gasteiger partial charge in [0.2, 0.25) is 11.8 Å². The number of nitrogen functional groups attached to an aromatic ring is 1. The molecule has 0 spiro atoms. The highest BCUT2D eigenvalue weighted by molar-refractivity contribution is 7.92. The first-order chi connectivity index (χ1) is 21.7. The van der Waals surface area contributed by atoms with Gasteiger partial charge in [-0.05, 0) is 60.5 Å². The van der Waals surface area contributed by atoms with Crippen LogP contribution in [-0.4, -0.2) is 62.2 Å². The third kappa shape index (κ3) is 6.08. The number of nitrogens with zero attached hydrogens (tertiary/aromatic N) is 4. The Hall–Kier alpha value is -5.27. The predicted octanol–water partition coefficient (Wildman–Crippen LogP) is 4.08. The molecule has 1 amide bonds. The molecule has 0 atom stereocenters. The zero-order valence-corrected chi connectivity index (χ0v) is 25.3. The van der Waals surface area contributed by atoms with Crippen molar-refractivity contribution >= 4 is 44.0 Å². The Bertz CT molecular complexity index is 1980. The number of nitrogens with two attached hydrogens (primary N) is 2. The van der Waals surface area contributed by atoms with E-state index in [2.05, 4.69) is 24.6 Å². The van der Waals surface area contributed by atoms with E-state index in [4.69, 9.17) is 20.9 Å². The normalized spacial score (nSPS) is 13.5. The highest BCUT2D eigenvalue weighted by Crippen LogP contribution is 2.37. The minimum absolute atomic E-state index is 0.0103. The molecule has 0 unspecified atom stereocenters. The first-order valence-electron chi connectivity index (χ1n) is 14.3. The van der Waals surface area contributed by atoms with Crippen molar-refractivity contribution in [1.82, 2.24) is 15.0 Å². The van der Waals surface area contributed by atoms with E-state index in [-0.39, 0.29) is 34.5 Å². The fourth-order valence-electron chi connectivity index (χ4n) is 5.32. The molecule has 13 heteroatoms. The van der Waals surface area contributed by atoms with Crippen molar-refractivity contribution in [2.75, 3.05) is 48.3 Å². The molecule has 0 aliphatic carbocycles. The quantitative estimate of drug-likeness (QED) is 0.216. The van der Waals surface area contributed by atoms with Crippen molar-refractivity contribution in [3.8, 4) is 28.1 Å². The van der Waals surface area contributed by atoms with E-state index >= 15 is 0 Å². The first-order valence-corrected chi connectivity index (χ1v) is 15.8. The van der Waals surface area contributed by atoms with Crippen LogP contribution in [0.15, 0.2) is 84.1 Å². The minimum atomic E-state index is -3.98. The molecule has 1 aliphatic rings. The van der Waals surface area contributed by atoms with Gasteiger partial charge in [0.1, 0.15) is 16.4 Å². The molecule has 4 heterocycles. The molecule has 1 aliphatic heterocycles. The van der Waals surface area contributed by atoms with Crippen LogP contribution in [-0.2, 0) is 14.8 Å². The Labute approximate surface area is 260 Å². The van der Waals surface area contributed by atoms with Crippen LogP contribution in [0.3, 0.4) is 0 Å². The number of benzene rings is 2. The number of ether oxygens (including phenoxy) is 2. The number of primary amides is 1. The van der Waals surface area contributed by atoms with Crippen LogP contribution in [0.4, 0.5) is 17.2 Å². The lowest BCUT2D eigenvalue weighted by Gasteiger charge is -2.29. The molecule has 0 saturated carbocycles. The number of carbonyl (C=O) groups excluding carboxylic acids is 1. The van der Waals surface area contributed by atoms with E-state index in [9.17, 15) is 13.2 Å². The summed E-state index contributed by atoms with van der Waals surface area (Å²) in [5, 5.41) is 0.493. The summed E-state index contributed by atoms with van der Waals surface area (Å²) in [4.78, 5) is 28.1. The molecule has 6 rings (SSSR count). The smallest absolute Gasteiger partial charge is 0.263 e. The number of nitrogens with one attached hydrogen (secondary N) is 1. The number of carbonyl (C=O) groups is 1. The highest BCUT2D eigenvalue weighted by atomic mass is 32.2. The summed E-state index contributed by atoms with van der Waals surface area (Å²) in [5.74, 6) is -0.365. The van der Waals surface area contributed by atoms with Gasteiger partial charge in [-0.25, -0.2) is 18.4 Å². The van der Waals surface area contributed by atoms with Gasteiger partial charge in [0.25, 0.3) is 10.0 Å². The van der Waals surface area contributed by atoms with E-state index in [1.165, 1.54) is 24.5 Å². The third-order valence-corrected chi connectivity index (χ3v) is 8.80. The number of sulfonamides is 1. The van der Waals surface area contributed by atoms with Crippen LogP contribution in [0, 0.1) is 0 Å². The fraction of sp³-hybridized carbons (Fsp3) is 0.188. The van der Waals surface area contributed by atoms with Gasteiger partial charge in [0, 0.05) is 53.9 Å². The summed E-state index contributed by atoms with van der Waals surface area (Å²) >= 11 is 0. The van der Waals surface area contributed by atoms with Gasteiger partial charge in [-0.1, -0.05) is 18.2 Å². The number of rotatable bonds is 9. The lowest BCUT2D eigenvalue weighted by Crippen LogP contribution is -2.36. The van der Waals surface area contributed by atoms with Gasteiger partial charge < -0.3 is 25.8 Å². The maximum atomic E-state index is 13.1. The number of morpholine rings is 1. The molecule has 1 saturated heterocycles. The van der Waals surface area contributed by atoms with E-state index in [1.54, 1.807) is 37.4 Å². The Morgan fingerprint density at radius 2 is 1.78 bits per heavy atom. The summed E-state index contributed by atoms with van der Waals surface area (Å²) in [5.41, 5.74) is 16.6. The molecule has 1 fully saturated rings. The predicted molar refractivity (Wildman–Crippen MR) is 173 cm³/mol. The summed E-state index contributed by atoms with van der Waals surface area (Å²) in [6, 6.07) is 17.6. The molecule has 230 valence electrons. The standard InChI is InChI=1S/C32H31N7O5S/c1-2-44-32-27(38-45(41,42)24-4-3-11-35-19-24)17-22(18-36-32)21-7-10-26-25(16-21)29(31(34)40)28(30(33)37-26)20-5-8-23(9-6-20)39-12-14-43-15-13-39/h3-11,16-19,38H,2,12-15H2,1H3,(H2,33,37)(H2,34,40). The van der Waals surface area contributed by atoms with E-state index in [1.807, 2.05) is 24.3 Å². The maximum absolute atomic E-state index is 13.1. The molecule has 0 bridgehead atoms. The number of hydrogen-bond donors (Lipinski definition) is 3. The Morgan fingerprint density at radius 3 is 2.47 bits per heavy atom. The van der Waals surface area contributed by atoms with Gasteiger partial charge in [-0.3, -0.25) is 14.5 Å². The number of hydrogen-bond acceptors (Lipinski definition) is 10. The molecule has 12 nitrogen and oxygen atoms in total. The van der Waals surface area contributed by atoms with Crippen LogP contribution < -0.4 is 25.8 Å². The van der Waals surface area contributed by atoms with Gasteiger partial charge >= 0.3 is 0 Å². The Balaban J connectivity index is 1.42. The van der Waals surface area contributed by atoms with Crippen molar-refractivity contribution in [1.29, 1.82) is 0 Å². The molecule has 5 aromatic rings. The summed E-state index contributed by atoms with van der Waals surface area (Å²) in [6.07, 6.45) is 4.30. The molecule has 45 heavy (non-hydrogen) atoms. The van der Waals surface area contributed by atoms with Crippen LogP contribution >= 0.6 is 0 Å². The van der Waals surface area contributed by atoms with Gasteiger partial charge in [-0.2, -0.15) is 0 Å². The first kappa shape index (κ1) is 29.8. The van der Waals surface area contributed by atoms with Crippen molar-refractivity contribution in [2.24, 2.45) is 5.73 Å². The van der Waals surface area contributed by atoms with Crippen LogP contribution in [0.2, 0.25) is 0 Å². The number of aromatic nitrogens is 3. The lowest BCUT2D eigenvalue weighted by atomic mass is 9.94. The van der Waals surface area contributed by atoms with Gasteiger partial charge in [0.05, 0.1) is 30.9 Å². The maximum Gasteiger partial charge on any atom is 0.263 e. The Morgan fingerprint density at radius 1 is 1.02 bits per heavy atom. The van der Waals surface area contributed by atoms with Crippen LogP contribution in [0.1, 0.15) is 17.3 Å². The molecule has 5 N–H and O–H groups in total. The number of fused-ring (bicyclic) bond motifs is 1. The molecule has 3 aromatic heterocycles. The summed E-state index contributed by atoms with van der Waals surface area (Å²) in [7, 11) is -3.98. The lowest BCUT2D eigenvalue weighted by molar-refractivity contribution is 0.100. The fourth-order valence-corrected chi connectivity index (χ4v) is 6.33. The number of amides is 1. The zero-order chi connectivity index (χ0) is 31.6. The van der Waals surface area contributed by atoms with Crippen LogP contribution in [0.5, 0.6) is 5.88 Å². The third-order valence-electron chi connectivity index (χ3n) is 7.45. The topological polar surface area (TPSA) is 176 Å². The largest absolute Gasteiger partial charge is 0.476 e. The van der Waals surface area contributed by atoms with Crippen molar-refractivity contribution in [2.45, 2.75) is 11.8 Å². The average Bonchev–Trinajstić information content (AvgIpc) is 3.05. The monoisotopic (exact) mass is 625 g/mol. The van der Waals surface area contributed by atoms with Crippen molar-refractivity contribution in [3.05, 3.63) is 84.8 Å². The minimum Gasteiger partial charge on any atom is -0.476 e. The van der Waals surface area contributed by atoms with E-state index in [0.717, 1.165) is 18.8 Å². The molecular formula is C32H31N7O5S. The summed E-state index contributed by atoms with van der Waals surface area (Å²) in [6.45, 7) is 4.96. The SMILES string of the molecule is CCOc1ncc(-c2ccc3nc(N)c(-c4ccc(N5CCOCC5)cc4)c(C(N)=O)c3c2)cc1NS(=O)(=O)c1cccnc1. The van der Waals surface area contributed by atoms with Crippen molar-refractivity contribution < 1.29 is 22.7 Å². The van der Waals surface area contributed by atoms with E-state index < -0.39 is 15.9 Å². The number of pyridine rings is 3. The second kappa shape index (κ2) is 12.4. The highest BCUT2D eigenvalue weighted by Gasteiger charge is 2.22. The molecular weight excluding hydrogens is 594 g/mol. The second-order valence-corrected chi connectivity index (χ2v) is 12.0. The second-order valence-electron chi connectivity index (χ2n) is 10.3. The van der Waals surface area contributed by atoms with Crippen LogP contribution in [0.25, 0.3) is 33.2 Å².